The molecule has 1 aliphatic rings. The van der Waals surface area contributed by atoms with Gasteiger partial charge in [0.2, 0.25) is 5.91 Å². The Balaban J connectivity index is 1.24. The van der Waals surface area contributed by atoms with Gasteiger partial charge in [-0.2, -0.15) is 5.10 Å². The van der Waals surface area contributed by atoms with Gasteiger partial charge in [-0.05, 0) is 54.6 Å². The van der Waals surface area contributed by atoms with Crippen molar-refractivity contribution in [1.82, 2.24) is 24.7 Å². The molecule has 12 heteroatoms. The van der Waals surface area contributed by atoms with Crippen molar-refractivity contribution < 1.29 is 14.3 Å². The van der Waals surface area contributed by atoms with E-state index in [0.717, 1.165) is 33.5 Å². The van der Waals surface area contributed by atoms with Crippen molar-refractivity contribution >= 4 is 45.9 Å². The molecule has 1 saturated heterocycles. The number of ether oxygens (including phenoxy) is 1. The van der Waals surface area contributed by atoms with Crippen molar-refractivity contribution in [1.29, 1.82) is 0 Å². The Labute approximate surface area is 241 Å². The molecule has 3 aromatic heterocycles. The monoisotopic (exact) mass is 563 g/mol. The number of hydrogen-bond donors (Lipinski definition) is 3. The molecule has 1 fully saturated rings. The fraction of sp³-hybridized carbons (Fsp3) is 0.200. The number of morpholine rings is 1. The highest BCUT2D eigenvalue weighted by Crippen LogP contribution is 2.30. The van der Waals surface area contributed by atoms with E-state index in [4.69, 9.17) is 19.7 Å². The van der Waals surface area contributed by atoms with Crippen molar-refractivity contribution in [3.63, 3.8) is 0 Å². The molecule has 5 aromatic rings. The lowest BCUT2D eigenvalue weighted by atomic mass is 10.1. The van der Waals surface area contributed by atoms with Gasteiger partial charge in [0.05, 0.1) is 24.9 Å². The fourth-order valence-corrected chi connectivity index (χ4v) is 4.69. The number of anilines is 4. The van der Waals surface area contributed by atoms with Gasteiger partial charge >= 0.3 is 6.03 Å². The molecular weight excluding hydrogens is 534 g/mol. The molecule has 0 radical (unpaired) electrons. The second-order valence-corrected chi connectivity index (χ2v) is 9.88. The Hall–Kier alpha value is -5.36. The molecular formula is C30H29N9O3. The average molecular weight is 564 g/mol. The first-order chi connectivity index (χ1) is 20.4. The van der Waals surface area contributed by atoms with Gasteiger partial charge in [0.1, 0.15) is 5.52 Å². The zero-order valence-electron chi connectivity index (χ0n) is 23.2. The lowest BCUT2D eigenvalue weighted by molar-refractivity contribution is -0.114. The zero-order valence-corrected chi connectivity index (χ0v) is 23.2. The number of aromatic nitrogens is 5. The van der Waals surface area contributed by atoms with E-state index in [0.29, 0.717) is 49.2 Å². The number of hydrogen-bond acceptors (Lipinski definition) is 8. The van der Waals surface area contributed by atoms with Gasteiger partial charge in [-0.15, -0.1) is 0 Å². The zero-order chi connectivity index (χ0) is 29.1. The normalized spacial score (nSPS) is 13.1. The first-order valence-corrected chi connectivity index (χ1v) is 13.5. The number of aryl methyl sites for hydroxylation is 1. The molecule has 0 unspecified atom stereocenters. The predicted octanol–water partition coefficient (Wildman–Crippen LogP) is 4.53. The molecule has 0 atom stereocenters. The van der Waals surface area contributed by atoms with Crippen LogP contribution in [-0.2, 0) is 16.6 Å². The van der Waals surface area contributed by atoms with Gasteiger partial charge in [0.25, 0.3) is 0 Å². The molecule has 0 bridgehead atoms. The van der Waals surface area contributed by atoms with Crippen LogP contribution in [0.3, 0.4) is 0 Å². The van der Waals surface area contributed by atoms with Crippen molar-refractivity contribution in [3.8, 4) is 22.5 Å². The Bertz CT molecular complexity index is 1740. The van der Waals surface area contributed by atoms with Crippen molar-refractivity contribution in [2.75, 3.05) is 47.2 Å². The molecule has 1 aliphatic heterocycles. The summed E-state index contributed by atoms with van der Waals surface area (Å²) in [6, 6.07) is 15.9. The third kappa shape index (κ3) is 6.03. The van der Waals surface area contributed by atoms with E-state index in [9.17, 15) is 9.59 Å². The first kappa shape index (κ1) is 26.8. The summed E-state index contributed by atoms with van der Waals surface area (Å²) in [5, 5.41) is 12.6. The third-order valence-electron chi connectivity index (χ3n) is 6.73. The second kappa shape index (κ2) is 11.6. The van der Waals surface area contributed by atoms with Gasteiger partial charge < -0.3 is 25.6 Å². The number of fused-ring (bicyclic) bond motifs is 1. The smallest absolute Gasteiger partial charge is 0.323 e. The van der Waals surface area contributed by atoms with Gasteiger partial charge in [0.15, 0.2) is 11.6 Å². The number of nitrogens with zero attached hydrogens (tertiary/aromatic N) is 6. The third-order valence-corrected chi connectivity index (χ3v) is 6.73. The number of urea groups is 1. The lowest BCUT2D eigenvalue weighted by Crippen LogP contribution is -2.37. The molecule has 3 N–H and O–H groups in total. The van der Waals surface area contributed by atoms with Crippen LogP contribution in [0.25, 0.3) is 33.5 Å². The molecule has 0 spiro atoms. The quantitative estimate of drug-likeness (QED) is 0.274. The highest BCUT2D eigenvalue weighted by atomic mass is 16.5. The number of nitrogens with one attached hydrogen (secondary N) is 3. The van der Waals surface area contributed by atoms with Crippen LogP contribution in [0.1, 0.15) is 6.92 Å². The summed E-state index contributed by atoms with van der Waals surface area (Å²) in [6.07, 6.45) is 5.57. The largest absolute Gasteiger partial charge is 0.378 e. The molecule has 4 heterocycles. The van der Waals surface area contributed by atoms with E-state index in [-0.39, 0.29) is 11.9 Å². The van der Waals surface area contributed by atoms with Crippen LogP contribution in [0, 0.1) is 0 Å². The summed E-state index contributed by atoms with van der Waals surface area (Å²) >= 11 is 0. The number of rotatable bonds is 6. The van der Waals surface area contributed by atoms with Crippen LogP contribution in [0.2, 0.25) is 0 Å². The summed E-state index contributed by atoms with van der Waals surface area (Å²) in [7, 11) is 1.88. The van der Waals surface area contributed by atoms with Crippen LogP contribution in [0.5, 0.6) is 0 Å². The molecule has 0 saturated carbocycles. The molecule has 6 rings (SSSR count). The summed E-state index contributed by atoms with van der Waals surface area (Å²) in [4.78, 5) is 40.5. The number of carbonyl (C=O) groups excluding carboxylic acids is 2. The van der Waals surface area contributed by atoms with Crippen molar-refractivity contribution in [3.05, 3.63) is 73.2 Å². The van der Waals surface area contributed by atoms with Gasteiger partial charge in [-0.3, -0.25) is 14.5 Å². The van der Waals surface area contributed by atoms with Crippen LogP contribution in [-0.4, -0.2) is 63.0 Å². The predicted molar refractivity (Wildman–Crippen MR) is 161 cm³/mol. The Kier molecular flexibility index (Phi) is 7.43. The Morgan fingerprint density at radius 2 is 1.45 bits per heavy atom. The van der Waals surface area contributed by atoms with Gasteiger partial charge in [-0.25, -0.2) is 14.8 Å². The molecule has 42 heavy (non-hydrogen) atoms. The Morgan fingerprint density at radius 3 is 2.07 bits per heavy atom. The molecule has 12 nitrogen and oxygen atoms in total. The van der Waals surface area contributed by atoms with E-state index in [2.05, 4.69) is 25.9 Å². The first-order valence-electron chi connectivity index (χ1n) is 13.5. The van der Waals surface area contributed by atoms with Crippen LogP contribution >= 0.6 is 0 Å². The Morgan fingerprint density at radius 1 is 0.810 bits per heavy atom. The SMILES string of the molecule is CC(=O)Nc1ccc(NC(=O)Nc2ccc(-c3nc(N4CCOCC4)c4ncc(-c5cnn(C)c5)cc4n3)cc2)cc1. The van der Waals surface area contributed by atoms with Gasteiger partial charge in [0, 0.05) is 73.2 Å². The van der Waals surface area contributed by atoms with E-state index >= 15 is 0 Å². The average Bonchev–Trinajstić information content (AvgIpc) is 3.44. The summed E-state index contributed by atoms with van der Waals surface area (Å²) in [6.45, 7) is 4.11. The maximum absolute atomic E-state index is 12.6. The summed E-state index contributed by atoms with van der Waals surface area (Å²) < 4.78 is 7.31. The van der Waals surface area contributed by atoms with Gasteiger partial charge in [-0.1, -0.05) is 0 Å². The number of benzene rings is 2. The second-order valence-electron chi connectivity index (χ2n) is 9.88. The van der Waals surface area contributed by atoms with E-state index in [1.807, 2.05) is 37.6 Å². The highest BCUT2D eigenvalue weighted by molar-refractivity contribution is 6.00. The van der Waals surface area contributed by atoms with E-state index in [1.165, 1.54) is 6.92 Å². The standard InChI is InChI=1S/C30H29N9O3/c1-19(40)33-23-7-9-25(10-8-23)35-30(41)34-24-5-3-20(4-6-24)28-36-26-15-21(22-17-32-38(2)18-22)16-31-27(26)29(37-28)39-11-13-42-14-12-39/h3-10,15-18H,11-14H2,1-2H3,(H,33,40)(H2,34,35,41). The number of pyridine rings is 1. The molecule has 0 aliphatic carbocycles. The summed E-state index contributed by atoms with van der Waals surface area (Å²) in [5.41, 5.74) is 6.00. The lowest BCUT2D eigenvalue weighted by Gasteiger charge is -2.28. The minimum atomic E-state index is -0.388. The topological polar surface area (TPSA) is 139 Å². The van der Waals surface area contributed by atoms with Crippen LogP contribution in [0.15, 0.2) is 73.2 Å². The van der Waals surface area contributed by atoms with E-state index in [1.54, 1.807) is 47.3 Å². The summed E-state index contributed by atoms with van der Waals surface area (Å²) in [5.74, 6) is 1.17. The van der Waals surface area contributed by atoms with Crippen LogP contribution in [0.4, 0.5) is 27.7 Å². The molecule has 3 amide bonds. The minimum absolute atomic E-state index is 0.158. The molecule has 2 aromatic carbocycles. The van der Waals surface area contributed by atoms with Crippen molar-refractivity contribution in [2.45, 2.75) is 6.92 Å². The highest BCUT2D eigenvalue weighted by Gasteiger charge is 2.20. The molecule has 212 valence electrons. The maximum atomic E-state index is 12.6. The van der Waals surface area contributed by atoms with Crippen molar-refractivity contribution in [2.24, 2.45) is 7.05 Å². The minimum Gasteiger partial charge on any atom is -0.378 e. The number of carbonyl (C=O) groups is 2. The van der Waals surface area contributed by atoms with Crippen LogP contribution < -0.4 is 20.9 Å². The number of amides is 3. The fourth-order valence-electron chi connectivity index (χ4n) is 4.69. The maximum Gasteiger partial charge on any atom is 0.323 e. The van der Waals surface area contributed by atoms with E-state index < -0.39 is 0 Å².